The van der Waals surface area contributed by atoms with Crippen LogP contribution in [-0.2, 0) is 9.53 Å². The Balaban J connectivity index is 1.26. The summed E-state index contributed by atoms with van der Waals surface area (Å²) in [6, 6.07) is 7.11. The number of benzene rings is 1. The Hall–Kier alpha value is -4.36. The van der Waals surface area contributed by atoms with E-state index in [4.69, 9.17) is 15.2 Å². The Bertz CT molecular complexity index is 1590. The molecule has 13 heteroatoms. The van der Waals surface area contributed by atoms with Crippen molar-refractivity contribution in [2.75, 3.05) is 36.5 Å². The minimum Gasteiger partial charge on any atom is -0.490 e. The first-order valence-electron chi connectivity index (χ1n) is 14.3. The number of rotatable bonds is 7. The van der Waals surface area contributed by atoms with Gasteiger partial charge in [-0.1, -0.05) is 6.92 Å². The van der Waals surface area contributed by atoms with E-state index in [0.717, 1.165) is 5.69 Å². The first-order valence-corrected chi connectivity index (χ1v) is 14.3. The van der Waals surface area contributed by atoms with Gasteiger partial charge in [0.25, 0.3) is 0 Å². The third-order valence-corrected chi connectivity index (χ3v) is 7.90. The van der Waals surface area contributed by atoms with Gasteiger partial charge in [0.05, 0.1) is 53.8 Å². The number of anilines is 3. The number of aromatic nitrogens is 4. The minimum atomic E-state index is -0.772. The zero-order valence-corrected chi connectivity index (χ0v) is 24.0. The molecule has 226 valence electrons. The summed E-state index contributed by atoms with van der Waals surface area (Å²) in [6.07, 6.45) is 6.17. The van der Waals surface area contributed by atoms with Crippen LogP contribution in [0.4, 0.5) is 26.1 Å². The van der Waals surface area contributed by atoms with Crippen molar-refractivity contribution in [1.82, 2.24) is 24.9 Å². The third kappa shape index (κ3) is 6.09. The number of carbonyl (C=O) groups excluding carboxylic acids is 1. The lowest BCUT2D eigenvalue weighted by Crippen LogP contribution is -2.61. The Labute approximate surface area is 247 Å². The van der Waals surface area contributed by atoms with Gasteiger partial charge >= 0.3 is 0 Å². The predicted molar refractivity (Wildman–Crippen MR) is 157 cm³/mol. The number of nitrogens with zero attached hydrogens (tertiary/aromatic N) is 5. The molecule has 0 radical (unpaired) electrons. The number of pyridine rings is 1. The van der Waals surface area contributed by atoms with Crippen LogP contribution in [0, 0.1) is 17.6 Å². The van der Waals surface area contributed by atoms with Gasteiger partial charge in [-0.2, -0.15) is 9.61 Å². The van der Waals surface area contributed by atoms with E-state index >= 15 is 8.78 Å². The monoisotopic (exact) mass is 592 g/mol. The highest BCUT2D eigenvalue weighted by atomic mass is 19.1. The molecule has 1 amide bonds. The molecule has 0 bridgehead atoms. The number of halogens is 2. The maximum absolute atomic E-state index is 15.3. The molecule has 3 atom stereocenters. The number of nitrogens with two attached hydrogens (primary N) is 1. The fourth-order valence-corrected chi connectivity index (χ4v) is 5.84. The van der Waals surface area contributed by atoms with Crippen LogP contribution in [0.1, 0.15) is 26.7 Å². The van der Waals surface area contributed by atoms with Crippen molar-refractivity contribution >= 4 is 28.7 Å². The van der Waals surface area contributed by atoms with Crippen molar-refractivity contribution in [3.8, 4) is 17.0 Å². The predicted octanol–water partition coefficient (Wildman–Crippen LogP) is 3.66. The van der Waals surface area contributed by atoms with Gasteiger partial charge in [0.2, 0.25) is 11.9 Å². The molecule has 5 heterocycles. The average molecular weight is 593 g/mol. The number of nitrogens with one attached hydrogen (secondary N) is 2. The Morgan fingerprint density at radius 3 is 2.60 bits per heavy atom. The van der Waals surface area contributed by atoms with Crippen molar-refractivity contribution in [1.29, 1.82) is 0 Å². The minimum absolute atomic E-state index is 0.100. The van der Waals surface area contributed by atoms with Crippen LogP contribution in [0.25, 0.3) is 16.8 Å². The fraction of sp³-hybridized carbons (Fsp3) is 0.400. The van der Waals surface area contributed by atoms with Crippen LogP contribution < -0.4 is 26.0 Å². The van der Waals surface area contributed by atoms with Gasteiger partial charge in [0.15, 0.2) is 0 Å². The maximum Gasteiger partial charge on any atom is 0.229 e. The van der Waals surface area contributed by atoms with Crippen LogP contribution in [0.15, 0.2) is 48.9 Å². The first-order chi connectivity index (χ1) is 20.8. The molecule has 2 aliphatic heterocycles. The third-order valence-electron chi connectivity index (χ3n) is 7.90. The van der Waals surface area contributed by atoms with Crippen molar-refractivity contribution in [2.45, 2.75) is 44.9 Å². The second-order valence-electron chi connectivity index (χ2n) is 11.1. The molecule has 2 aliphatic rings. The standard InChI is InChI=1S/C30H34F2N8O3/c1-17-15-39(16-24(33)29(17)36-18(2)41)27-5-8-34-14-26(27)37-30-35-13-19-3-4-25(38-40(19)30)28-22(31)11-21(12-23(28)32)43-20-6-9-42-10-7-20/h3-5,8,11-14,17,20,24,29H,6-7,9-10,15-16,33H2,1-2H3,(H,35,37)(H,36,41)/t17-,24?,29-/m0/s1. The normalized spacial score (nSPS) is 21.1. The summed E-state index contributed by atoms with van der Waals surface area (Å²) in [6.45, 7) is 5.84. The van der Waals surface area contributed by atoms with Gasteiger partial charge in [-0.25, -0.2) is 13.8 Å². The molecule has 0 saturated carbocycles. The summed E-state index contributed by atoms with van der Waals surface area (Å²) in [7, 11) is 0. The van der Waals surface area contributed by atoms with Gasteiger partial charge in [-0.3, -0.25) is 9.78 Å². The molecule has 0 aliphatic carbocycles. The van der Waals surface area contributed by atoms with Gasteiger partial charge in [-0.05, 0) is 24.1 Å². The topological polar surface area (TPSA) is 132 Å². The Morgan fingerprint density at radius 2 is 1.88 bits per heavy atom. The second kappa shape index (κ2) is 12.1. The van der Waals surface area contributed by atoms with Crippen LogP contribution in [0.2, 0.25) is 0 Å². The smallest absolute Gasteiger partial charge is 0.229 e. The molecular weight excluding hydrogens is 558 g/mol. The summed E-state index contributed by atoms with van der Waals surface area (Å²) >= 11 is 0. The molecule has 43 heavy (non-hydrogen) atoms. The van der Waals surface area contributed by atoms with Gasteiger partial charge < -0.3 is 30.7 Å². The van der Waals surface area contributed by atoms with E-state index < -0.39 is 11.6 Å². The Morgan fingerprint density at radius 1 is 1.12 bits per heavy atom. The molecule has 11 nitrogen and oxygen atoms in total. The number of hydrogen-bond donors (Lipinski definition) is 3. The van der Waals surface area contributed by atoms with Crippen LogP contribution in [0.3, 0.4) is 0 Å². The number of fused-ring (bicyclic) bond motifs is 1. The average Bonchev–Trinajstić information content (AvgIpc) is 3.37. The van der Waals surface area contributed by atoms with E-state index in [2.05, 4.69) is 37.5 Å². The fourth-order valence-electron chi connectivity index (χ4n) is 5.84. The second-order valence-corrected chi connectivity index (χ2v) is 11.1. The van der Waals surface area contributed by atoms with E-state index in [0.29, 0.717) is 56.3 Å². The lowest BCUT2D eigenvalue weighted by Gasteiger charge is -2.42. The highest BCUT2D eigenvalue weighted by Gasteiger charge is 2.34. The lowest BCUT2D eigenvalue weighted by atomic mass is 9.89. The van der Waals surface area contributed by atoms with Gasteiger partial charge in [0.1, 0.15) is 23.5 Å². The number of ether oxygens (including phenoxy) is 2. The largest absolute Gasteiger partial charge is 0.490 e. The summed E-state index contributed by atoms with van der Waals surface area (Å²) in [5, 5.41) is 10.8. The van der Waals surface area contributed by atoms with E-state index in [1.54, 1.807) is 30.7 Å². The molecule has 2 fully saturated rings. The molecule has 1 unspecified atom stereocenters. The van der Waals surface area contributed by atoms with Crippen molar-refractivity contribution in [3.63, 3.8) is 0 Å². The van der Waals surface area contributed by atoms with Crippen molar-refractivity contribution in [2.24, 2.45) is 11.7 Å². The lowest BCUT2D eigenvalue weighted by molar-refractivity contribution is -0.120. The molecule has 4 N–H and O–H groups in total. The summed E-state index contributed by atoms with van der Waals surface area (Å²) in [5.41, 5.74) is 8.45. The number of amides is 1. The van der Waals surface area contributed by atoms with E-state index in [1.807, 2.05) is 6.07 Å². The van der Waals surface area contributed by atoms with E-state index in [-0.39, 0.29) is 47.0 Å². The van der Waals surface area contributed by atoms with E-state index in [1.165, 1.54) is 23.6 Å². The van der Waals surface area contributed by atoms with Crippen LogP contribution >= 0.6 is 0 Å². The molecule has 1 aromatic carbocycles. The van der Waals surface area contributed by atoms with Crippen molar-refractivity contribution < 1.29 is 23.0 Å². The zero-order chi connectivity index (χ0) is 30.1. The number of piperidine rings is 1. The molecule has 3 aromatic heterocycles. The highest BCUT2D eigenvalue weighted by molar-refractivity contribution is 5.75. The molecule has 0 spiro atoms. The summed E-state index contributed by atoms with van der Waals surface area (Å²) in [5.74, 6) is -1.07. The summed E-state index contributed by atoms with van der Waals surface area (Å²) < 4.78 is 43.2. The maximum atomic E-state index is 15.3. The molecular formula is C30H34F2N8O3. The molecule has 2 saturated heterocycles. The Kier molecular flexibility index (Phi) is 8.08. The highest BCUT2D eigenvalue weighted by Crippen LogP contribution is 2.33. The number of imidazole rings is 1. The van der Waals surface area contributed by atoms with Crippen LogP contribution in [-0.4, -0.2) is 70.0 Å². The number of hydrogen-bond acceptors (Lipinski definition) is 9. The quantitative estimate of drug-likeness (QED) is 0.294. The first kappa shape index (κ1) is 28.7. The van der Waals surface area contributed by atoms with Gasteiger partial charge in [-0.15, -0.1) is 0 Å². The SMILES string of the molecule is CC(=O)N[C@@H]1C(N)CN(c2ccncc2Nc2ncc3ccc(-c4c(F)cc(OC5CCOCC5)cc4F)nn23)C[C@@H]1C. The number of carbonyl (C=O) groups is 1. The van der Waals surface area contributed by atoms with E-state index in [9.17, 15) is 4.79 Å². The molecule has 4 aromatic rings. The van der Waals surface area contributed by atoms with Crippen molar-refractivity contribution in [3.05, 3.63) is 60.6 Å². The molecule has 6 rings (SSSR count). The summed E-state index contributed by atoms with van der Waals surface area (Å²) in [4.78, 5) is 22.6. The zero-order valence-electron chi connectivity index (χ0n) is 24.0. The van der Waals surface area contributed by atoms with Crippen LogP contribution in [0.5, 0.6) is 5.75 Å². The van der Waals surface area contributed by atoms with Gasteiger partial charge in [0, 0.05) is 63.3 Å².